The molecule has 3 rings (SSSR count). The molecule has 0 aliphatic rings. The highest BCUT2D eigenvalue weighted by atomic mass is 35.5. The summed E-state index contributed by atoms with van der Waals surface area (Å²) >= 11 is 5.95. The topological polar surface area (TPSA) is 44.5 Å². The van der Waals surface area contributed by atoms with Crippen LogP contribution in [-0.2, 0) is 0 Å². The zero-order chi connectivity index (χ0) is 14.1. The number of oxazole rings is 1. The summed E-state index contributed by atoms with van der Waals surface area (Å²) in [5.74, 6) is 1.84. The first-order chi connectivity index (χ1) is 9.71. The Morgan fingerprint density at radius 1 is 1.05 bits per heavy atom. The van der Waals surface area contributed by atoms with Crippen LogP contribution >= 0.6 is 11.6 Å². The zero-order valence-electron chi connectivity index (χ0n) is 11.0. The number of fused-ring (bicyclic) bond motifs is 1. The Bertz CT molecular complexity index is 767. The van der Waals surface area contributed by atoms with Gasteiger partial charge in [-0.2, -0.15) is 0 Å². The molecule has 2 aromatic carbocycles. The molecule has 0 bridgehead atoms. The Morgan fingerprint density at radius 2 is 1.90 bits per heavy atom. The van der Waals surface area contributed by atoms with Crippen molar-refractivity contribution < 1.29 is 13.9 Å². The second kappa shape index (κ2) is 5.06. The van der Waals surface area contributed by atoms with E-state index in [1.165, 1.54) is 0 Å². The van der Waals surface area contributed by atoms with Crippen LogP contribution in [0.1, 0.15) is 0 Å². The van der Waals surface area contributed by atoms with Crippen molar-refractivity contribution in [2.24, 2.45) is 0 Å². The van der Waals surface area contributed by atoms with Crippen molar-refractivity contribution in [3.8, 4) is 23.0 Å². The van der Waals surface area contributed by atoms with Gasteiger partial charge in [-0.05, 0) is 30.3 Å². The van der Waals surface area contributed by atoms with Crippen molar-refractivity contribution in [2.75, 3.05) is 14.2 Å². The van der Waals surface area contributed by atoms with E-state index in [-0.39, 0.29) is 0 Å². The second-order valence-electron chi connectivity index (χ2n) is 4.20. The van der Waals surface area contributed by atoms with Gasteiger partial charge in [-0.1, -0.05) is 11.6 Å². The molecule has 0 aliphatic carbocycles. The summed E-state index contributed by atoms with van der Waals surface area (Å²) in [7, 11) is 3.20. The van der Waals surface area contributed by atoms with Crippen LogP contribution in [0.2, 0.25) is 5.02 Å². The van der Waals surface area contributed by atoms with Crippen LogP contribution in [0.5, 0.6) is 11.5 Å². The van der Waals surface area contributed by atoms with Gasteiger partial charge in [0.25, 0.3) is 0 Å². The Kier molecular flexibility index (Phi) is 3.24. The molecular formula is C15H12ClNO3. The molecule has 0 atom stereocenters. The number of nitrogens with zero attached hydrogens (tertiary/aromatic N) is 1. The van der Waals surface area contributed by atoms with E-state index in [2.05, 4.69) is 4.98 Å². The summed E-state index contributed by atoms with van der Waals surface area (Å²) < 4.78 is 16.3. The van der Waals surface area contributed by atoms with Crippen LogP contribution in [0.4, 0.5) is 0 Å². The van der Waals surface area contributed by atoms with Gasteiger partial charge >= 0.3 is 0 Å². The van der Waals surface area contributed by atoms with Crippen molar-refractivity contribution in [3.63, 3.8) is 0 Å². The van der Waals surface area contributed by atoms with Crippen LogP contribution in [0.15, 0.2) is 40.8 Å². The normalized spacial score (nSPS) is 10.8. The standard InChI is InChI=1S/C15H12ClNO3/c1-18-10-4-5-11(14(8-10)19-2)15-17-12-7-9(16)3-6-13(12)20-15/h3-8H,1-2H3. The maximum Gasteiger partial charge on any atom is 0.231 e. The van der Waals surface area contributed by atoms with Gasteiger partial charge in [0.2, 0.25) is 5.89 Å². The molecule has 102 valence electrons. The van der Waals surface area contributed by atoms with Gasteiger partial charge in [-0.3, -0.25) is 0 Å². The number of rotatable bonds is 3. The van der Waals surface area contributed by atoms with Gasteiger partial charge in [0.15, 0.2) is 5.58 Å². The van der Waals surface area contributed by atoms with Gasteiger partial charge in [-0.15, -0.1) is 0 Å². The minimum absolute atomic E-state index is 0.488. The molecule has 0 N–H and O–H groups in total. The minimum Gasteiger partial charge on any atom is -0.497 e. The fourth-order valence-electron chi connectivity index (χ4n) is 1.99. The zero-order valence-corrected chi connectivity index (χ0v) is 11.8. The first-order valence-electron chi connectivity index (χ1n) is 6.00. The number of benzene rings is 2. The molecule has 0 unspecified atom stereocenters. The molecule has 0 fully saturated rings. The lowest BCUT2D eigenvalue weighted by Gasteiger charge is -2.07. The second-order valence-corrected chi connectivity index (χ2v) is 4.63. The number of hydrogen-bond donors (Lipinski definition) is 0. The van der Waals surface area contributed by atoms with E-state index in [1.807, 2.05) is 12.1 Å². The van der Waals surface area contributed by atoms with E-state index in [9.17, 15) is 0 Å². The Hall–Kier alpha value is -2.20. The predicted octanol–water partition coefficient (Wildman–Crippen LogP) is 4.17. The van der Waals surface area contributed by atoms with Gasteiger partial charge in [0.1, 0.15) is 17.0 Å². The molecule has 0 amide bonds. The third kappa shape index (κ3) is 2.18. The molecule has 3 aromatic rings. The van der Waals surface area contributed by atoms with E-state index < -0.39 is 0 Å². The Balaban J connectivity index is 2.14. The molecule has 1 heterocycles. The molecule has 1 aromatic heterocycles. The van der Waals surface area contributed by atoms with E-state index in [0.29, 0.717) is 33.5 Å². The number of aromatic nitrogens is 1. The average molecular weight is 290 g/mol. The third-order valence-corrected chi connectivity index (χ3v) is 3.22. The molecular weight excluding hydrogens is 278 g/mol. The van der Waals surface area contributed by atoms with Crippen molar-refractivity contribution in [2.45, 2.75) is 0 Å². The lowest BCUT2D eigenvalue weighted by molar-refractivity contribution is 0.394. The van der Waals surface area contributed by atoms with Crippen molar-refractivity contribution in [1.82, 2.24) is 4.98 Å². The maximum absolute atomic E-state index is 5.95. The molecule has 0 aliphatic heterocycles. The molecule has 0 spiro atoms. The van der Waals surface area contributed by atoms with Crippen LogP contribution in [-0.4, -0.2) is 19.2 Å². The Labute approximate surface area is 120 Å². The largest absolute Gasteiger partial charge is 0.497 e. The lowest BCUT2D eigenvalue weighted by atomic mass is 10.2. The van der Waals surface area contributed by atoms with Crippen LogP contribution in [0, 0.1) is 0 Å². The van der Waals surface area contributed by atoms with E-state index >= 15 is 0 Å². The van der Waals surface area contributed by atoms with Gasteiger partial charge in [-0.25, -0.2) is 4.98 Å². The summed E-state index contributed by atoms with van der Waals surface area (Å²) in [5, 5.41) is 0.624. The van der Waals surface area contributed by atoms with Crippen molar-refractivity contribution in [1.29, 1.82) is 0 Å². The van der Waals surface area contributed by atoms with E-state index in [0.717, 1.165) is 5.56 Å². The highest BCUT2D eigenvalue weighted by molar-refractivity contribution is 6.31. The van der Waals surface area contributed by atoms with Crippen LogP contribution in [0.3, 0.4) is 0 Å². The quantitative estimate of drug-likeness (QED) is 0.726. The molecule has 0 radical (unpaired) electrons. The monoisotopic (exact) mass is 289 g/mol. The first-order valence-corrected chi connectivity index (χ1v) is 6.37. The number of methoxy groups -OCH3 is 2. The molecule has 4 nitrogen and oxygen atoms in total. The summed E-state index contributed by atoms with van der Waals surface area (Å²) in [6, 6.07) is 10.8. The predicted molar refractivity (Wildman–Crippen MR) is 77.6 cm³/mol. The summed E-state index contributed by atoms with van der Waals surface area (Å²) in [6.07, 6.45) is 0. The molecule has 5 heteroatoms. The van der Waals surface area contributed by atoms with Crippen LogP contribution < -0.4 is 9.47 Å². The van der Waals surface area contributed by atoms with Crippen molar-refractivity contribution >= 4 is 22.7 Å². The number of ether oxygens (including phenoxy) is 2. The SMILES string of the molecule is COc1ccc(-c2nc3cc(Cl)ccc3o2)c(OC)c1. The third-order valence-electron chi connectivity index (χ3n) is 2.99. The smallest absolute Gasteiger partial charge is 0.231 e. The fourth-order valence-corrected chi connectivity index (χ4v) is 2.16. The van der Waals surface area contributed by atoms with Crippen LogP contribution in [0.25, 0.3) is 22.6 Å². The first kappa shape index (κ1) is 12.8. The molecule has 0 saturated heterocycles. The van der Waals surface area contributed by atoms with Crippen molar-refractivity contribution in [3.05, 3.63) is 41.4 Å². The number of hydrogen-bond acceptors (Lipinski definition) is 4. The minimum atomic E-state index is 0.488. The molecule has 20 heavy (non-hydrogen) atoms. The fraction of sp³-hybridized carbons (Fsp3) is 0.133. The Morgan fingerprint density at radius 3 is 2.65 bits per heavy atom. The van der Waals surface area contributed by atoms with Gasteiger partial charge in [0.05, 0.1) is 19.8 Å². The van der Waals surface area contributed by atoms with Gasteiger partial charge in [0, 0.05) is 11.1 Å². The van der Waals surface area contributed by atoms with Gasteiger partial charge < -0.3 is 13.9 Å². The highest BCUT2D eigenvalue weighted by Gasteiger charge is 2.14. The van der Waals surface area contributed by atoms with E-state index in [1.54, 1.807) is 38.5 Å². The summed E-state index contributed by atoms with van der Waals surface area (Å²) in [5.41, 5.74) is 2.16. The lowest BCUT2D eigenvalue weighted by Crippen LogP contribution is -1.90. The number of halogens is 1. The summed E-state index contributed by atoms with van der Waals surface area (Å²) in [4.78, 5) is 4.44. The van der Waals surface area contributed by atoms with E-state index in [4.69, 9.17) is 25.5 Å². The highest BCUT2D eigenvalue weighted by Crippen LogP contribution is 2.34. The average Bonchev–Trinajstić information content (AvgIpc) is 2.89. The maximum atomic E-state index is 5.95. The summed E-state index contributed by atoms with van der Waals surface area (Å²) in [6.45, 7) is 0. The molecule has 0 saturated carbocycles.